The highest BCUT2D eigenvalue weighted by Gasteiger charge is 2.06. The van der Waals surface area contributed by atoms with Crippen LogP contribution < -0.4 is 10.7 Å². The zero-order chi connectivity index (χ0) is 22.0. The standard InChI is InChI=1S/C23H35Cl2N3O2/c1-2-3-4-5-6-7-8-9-10-11-12-16-22(29)26-18-23(30)28-27-17-19-20(24)14-13-15-21(19)25/h13-15,17H,2-12,16,18H2,1H3,(H,26,29)(H,28,30). The van der Waals surface area contributed by atoms with Gasteiger partial charge in [0.05, 0.1) is 22.8 Å². The lowest BCUT2D eigenvalue weighted by Crippen LogP contribution is -2.34. The summed E-state index contributed by atoms with van der Waals surface area (Å²) < 4.78 is 0. The van der Waals surface area contributed by atoms with E-state index in [-0.39, 0.29) is 12.5 Å². The summed E-state index contributed by atoms with van der Waals surface area (Å²) >= 11 is 12.0. The second-order valence-corrected chi connectivity index (χ2v) is 8.31. The molecular formula is C23H35Cl2N3O2. The van der Waals surface area contributed by atoms with E-state index in [2.05, 4.69) is 22.8 Å². The van der Waals surface area contributed by atoms with Gasteiger partial charge in [-0.05, 0) is 18.6 Å². The molecule has 0 heterocycles. The van der Waals surface area contributed by atoms with Gasteiger partial charge in [-0.25, -0.2) is 5.43 Å². The molecule has 0 saturated carbocycles. The van der Waals surface area contributed by atoms with Gasteiger partial charge in [-0.15, -0.1) is 0 Å². The zero-order valence-corrected chi connectivity index (χ0v) is 19.5. The third-order valence-corrected chi connectivity index (χ3v) is 5.50. The number of benzene rings is 1. The van der Waals surface area contributed by atoms with Gasteiger partial charge in [0, 0.05) is 12.0 Å². The number of nitrogens with one attached hydrogen (secondary N) is 2. The summed E-state index contributed by atoms with van der Waals surface area (Å²) in [4.78, 5) is 23.6. The average molecular weight is 456 g/mol. The predicted molar refractivity (Wildman–Crippen MR) is 126 cm³/mol. The molecule has 0 atom stereocenters. The van der Waals surface area contributed by atoms with Crippen LogP contribution in [0.3, 0.4) is 0 Å². The van der Waals surface area contributed by atoms with Crippen molar-refractivity contribution < 1.29 is 9.59 Å². The Labute approximate surface area is 191 Å². The quantitative estimate of drug-likeness (QED) is 0.175. The van der Waals surface area contributed by atoms with E-state index in [9.17, 15) is 9.59 Å². The van der Waals surface area contributed by atoms with Crippen molar-refractivity contribution in [1.29, 1.82) is 0 Å². The van der Waals surface area contributed by atoms with Crippen LogP contribution >= 0.6 is 23.2 Å². The number of nitrogens with zero attached hydrogens (tertiary/aromatic N) is 1. The summed E-state index contributed by atoms with van der Waals surface area (Å²) in [5.41, 5.74) is 2.88. The molecule has 0 bridgehead atoms. The topological polar surface area (TPSA) is 70.6 Å². The Morgan fingerprint density at radius 2 is 1.40 bits per heavy atom. The van der Waals surface area contributed by atoms with Crippen molar-refractivity contribution in [1.82, 2.24) is 10.7 Å². The van der Waals surface area contributed by atoms with Gasteiger partial charge in [0.2, 0.25) is 5.91 Å². The Morgan fingerprint density at radius 3 is 1.97 bits per heavy atom. The van der Waals surface area contributed by atoms with Crippen molar-refractivity contribution in [2.75, 3.05) is 6.54 Å². The number of amides is 2. The van der Waals surface area contributed by atoms with Crippen molar-refractivity contribution in [3.63, 3.8) is 0 Å². The van der Waals surface area contributed by atoms with Crippen LogP contribution in [-0.2, 0) is 9.59 Å². The van der Waals surface area contributed by atoms with E-state index < -0.39 is 5.91 Å². The fourth-order valence-electron chi connectivity index (χ4n) is 3.06. The maximum atomic E-state index is 11.8. The minimum Gasteiger partial charge on any atom is -0.347 e. The van der Waals surface area contributed by atoms with E-state index in [1.165, 1.54) is 64.0 Å². The molecule has 0 aliphatic heterocycles. The second kappa shape index (κ2) is 17.1. The maximum absolute atomic E-state index is 11.8. The number of hydrazone groups is 1. The van der Waals surface area contributed by atoms with Crippen molar-refractivity contribution in [3.05, 3.63) is 33.8 Å². The van der Waals surface area contributed by atoms with Gasteiger partial charge in [0.1, 0.15) is 0 Å². The van der Waals surface area contributed by atoms with Crippen LogP contribution in [0.15, 0.2) is 23.3 Å². The second-order valence-electron chi connectivity index (χ2n) is 7.49. The summed E-state index contributed by atoms with van der Waals surface area (Å²) in [6, 6.07) is 5.10. The molecule has 0 fully saturated rings. The largest absolute Gasteiger partial charge is 0.347 e. The fraction of sp³-hybridized carbons (Fsp3) is 0.609. The first-order chi connectivity index (χ1) is 14.5. The Bertz CT molecular complexity index is 646. The van der Waals surface area contributed by atoms with Crippen LogP contribution in [0.2, 0.25) is 10.0 Å². The molecule has 2 amide bonds. The number of halogens is 2. The molecule has 0 aliphatic rings. The highest BCUT2D eigenvalue weighted by atomic mass is 35.5. The van der Waals surface area contributed by atoms with E-state index in [1.807, 2.05) is 0 Å². The first-order valence-corrected chi connectivity index (χ1v) is 11.8. The smallest absolute Gasteiger partial charge is 0.259 e. The number of carbonyl (C=O) groups excluding carboxylic acids is 2. The van der Waals surface area contributed by atoms with Gasteiger partial charge in [-0.3, -0.25) is 9.59 Å². The molecule has 1 aromatic rings. The molecule has 1 rings (SSSR count). The van der Waals surface area contributed by atoms with Crippen LogP contribution in [0.25, 0.3) is 0 Å². The molecular weight excluding hydrogens is 421 g/mol. The maximum Gasteiger partial charge on any atom is 0.259 e. The van der Waals surface area contributed by atoms with Crippen molar-refractivity contribution in [2.24, 2.45) is 5.10 Å². The summed E-state index contributed by atoms with van der Waals surface area (Å²) in [6.07, 6.45) is 15.5. The number of hydrogen-bond donors (Lipinski definition) is 2. The summed E-state index contributed by atoms with van der Waals surface area (Å²) in [6.45, 7) is 2.13. The molecule has 0 spiro atoms. The first kappa shape index (κ1) is 26.4. The lowest BCUT2D eigenvalue weighted by atomic mass is 10.1. The van der Waals surface area contributed by atoms with Crippen LogP contribution in [-0.4, -0.2) is 24.6 Å². The summed E-state index contributed by atoms with van der Waals surface area (Å²) in [5.74, 6) is -0.513. The normalized spacial score (nSPS) is 11.0. The predicted octanol–water partition coefficient (Wildman–Crippen LogP) is 6.26. The van der Waals surface area contributed by atoms with E-state index in [1.54, 1.807) is 18.2 Å². The Balaban J connectivity index is 2.02. The van der Waals surface area contributed by atoms with E-state index in [0.717, 1.165) is 12.8 Å². The van der Waals surface area contributed by atoms with Gasteiger partial charge < -0.3 is 5.32 Å². The van der Waals surface area contributed by atoms with Gasteiger partial charge in [-0.1, -0.05) is 100 Å². The monoisotopic (exact) mass is 455 g/mol. The van der Waals surface area contributed by atoms with Gasteiger partial charge >= 0.3 is 0 Å². The fourth-order valence-corrected chi connectivity index (χ4v) is 3.55. The molecule has 0 aliphatic carbocycles. The Morgan fingerprint density at radius 1 is 0.867 bits per heavy atom. The number of hydrogen-bond acceptors (Lipinski definition) is 3. The van der Waals surface area contributed by atoms with Crippen molar-refractivity contribution >= 4 is 41.2 Å². The molecule has 0 radical (unpaired) electrons. The van der Waals surface area contributed by atoms with Crippen LogP contribution in [0.1, 0.15) is 89.5 Å². The highest BCUT2D eigenvalue weighted by molar-refractivity contribution is 6.38. The molecule has 30 heavy (non-hydrogen) atoms. The molecule has 168 valence electrons. The third-order valence-electron chi connectivity index (χ3n) is 4.84. The Hall–Kier alpha value is -1.59. The molecule has 0 unspecified atom stereocenters. The number of rotatable bonds is 16. The molecule has 0 aromatic heterocycles. The van der Waals surface area contributed by atoms with E-state index in [0.29, 0.717) is 22.0 Å². The molecule has 5 nitrogen and oxygen atoms in total. The molecule has 2 N–H and O–H groups in total. The number of carbonyl (C=O) groups is 2. The van der Waals surface area contributed by atoms with E-state index >= 15 is 0 Å². The van der Waals surface area contributed by atoms with Gasteiger partial charge in [0.25, 0.3) is 5.91 Å². The summed E-state index contributed by atoms with van der Waals surface area (Å²) in [5, 5.41) is 7.33. The number of unbranched alkanes of at least 4 members (excludes halogenated alkanes) is 10. The Kier molecular flexibility index (Phi) is 15.1. The SMILES string of the molecule is CCCCCCCCCCCCCC(=O)NCC(=O)NN=Cc1c(Cl)cccc1Cl. The third kappa shape index (κ3) is 12.9. The first-order valence-electron chi connectivity index (χ1n) is 11.1. The van der Waals surface area contributed by atoms with Crippen LogP contribution in [0.5, 0.6) is 0 Å². The van der Waals surface area contributed by atoms with Crippen molar-refractivity contribution in [3.8, 4) is 0 Å². The zero-order valence-electron chi connectivity index (χ0n) is 18.0. The lowest BCUT2D eigenvalue weighted by molar-refractivity contribution is -0.126. The van der Waals surface area contributed by atoms with E-state index in [4.69, 9.17) is 23.2 Å². The summed E-state index contributed by atoms with van der Waals surface area (Å²) in [7, 11) is 0. The van der Waals surface area contributed by atoms with Gasteiger partial charge in [-0.2, -0.15) is 5.10 Å². The minimum absolute atomic E-state index is 0.107. The van der Waals surface area contributed by atoms with Crippen molar-refractivity contribution in [2.45, 2.75) is 84.0 Å². The van der Waals surface area contributed by atoms with Gasteiger partial charge in [0.15, 0.2) is 0 Å². The average Bonchev–Trinajstić information content (AvgIpc) is 2.72. The minimum atomic E-state index is -0.401. The van der Waals surface area contributed by atoms with Crippen LogP contribution in [0.4, 0.5) is 0 Å². The molecule has 7 heteroatoms. The lowest BCUT2D eigenvalue weighted by Gasteiger charge is -2.05. The molecule has 0 saturated heterocycles. The highest BCUT2D eigenvalue weighted by Crippen LogP contribution is 2.22. The molecule has 1 aromatic carbocycles. The van der Waals surface area contributed by atoms with Crippen LogP contribution in [0, 0.1) is 0 Å².